The van der Waals surface area contributed by atoms with Crippen LogP contribution in [0.4, 0.5) is 5.69 Å². The molecule has 128 valence electrons. The van der Waals surface area contributed by atoms with E-state index in [2.05, 4.69) is 28.2 Å². The molecule has 0 aliphatic carbocycles. The Morgan fingerprint density at radius 2 is 1.96 bits per heavy atom. The molecule has 0 fully saturated rings. The first-order valence-corrected chi connectivity index (χ1v) is 8.81. The summed E-state index contributed by atoms with van der Waals surface area (Å²) in [5.41, 5.74) is 2.59. The van der Waals surface area contributed by atoms with E-state index in [0.717, 1.165) is 27.8 Å². The van der Waals surface area contributed by atoms with Crippen LogP contribution in [0, 0.1) is 11.3 Å². The summed E-state index contributed by atoms with van der Waals surface area (Å²) in [6, 6.07) is 14.9. The van der Waals surface area contributed by atoms with Crippen molar-refractivity contribution in [2.75, 3.05) is 11.9 Å². The molecule has 0 aliphatic heterocycles. The third-order valence-corrected chi connectivity index (χ3v) is 4.21. The minimum absolute atomic E-state index is 0.0376. The molecule has 0 heterocycles. The molecule has 1 amide bonds. The third-order valence-electron chi connectivity index (χ3n) is 3.56. The molecule has 0 bridgehead atoms. The van der Waals surface area contributed by atoms with Crippen molar-refractivity contribution in [3.05, 3.63) is 63.6 Å². The number of nitrogens with zero attached hydrogens (tertiary/aromatic N) is 1. The molecular formula is C20H19BrN2O2. The van der Waals surface area contributed by atoms with Gasteiger partial charge < -0.3 is 10.1 Å². The Kier molecular flexibility index (Phi) is 6.79. The highest BCUT2D eigenvalue weighted by Gasteiger charge is 2.11. The Bertz CT molecular complexity index is 821. The SMILES string of the molecule is CCOc1ccc(/C=C(\C#N)C(=O)Nc2ccc(CC)cc2Br)cc1. The molecule has 4 nitrogen and oxygen atoms in total. The number of halogens is 1. The lowest BCUT2D eigenvalue weighted by atomic mass is 10.1. The van der Waals surface area contributed by atoms with E-state index in [1.54, 1.807) is 6.08 Å². The maximum absolute atomic E-state index is 12.4. The van der Waals surface area contributed by atoms with Gasteiger partial charge in [0.25, 0.3) is 5.91 Å². The Morgan fingerprint density at radius 3 is 2.52 bits per heavy atom. The molecule has 25 heavy (non-hydrogen) atoms. The lowest BCUT2D eigenvalue weighted by molar-refractivity contribution is -0.112. The number of hydrogen-bond donors (Lipinski definition) is 1. The average molecular weight is 399 g/mol. The zero-order chi connectivity index (χ0) is 18.2. The molecule has 0 spiro atoms. The fourth-order valence-corrected chi connectivity index (χ4v) is 2.74. The van der Waals surface area contributed by atoms with Crippen LogP contribution in [0.3, 0.4) is 0 Å². The van der Waals surface area contributed by atoms with Crippen molar-refractivity contribution < 1.29 is 9.53 Å². The van der Waals surface area contributed by atoms with Gasteiger partial charge in [-0.2, -0.15) is 5.26 Å². The van der Waals surface area contributed by atoms with Crippen molar-refractivity contribution >= 4 is 33.6 Å². The number of carbonyl (C=O) groups excluding carboxylic acids is 1. The maximum Gasteiger partial charge on any atom is 0.266 e. The van der Waals surface area contributed by atoms with Crippen molar-refractivity contribution in [1.29, 1.82) is 5.26 Å². The molecular weight excluding hydrogens is 380 g/mol. The number of hydrogen-bond acceptors (Lipinski definition) is 3. The molecule has 0 saturated heterocycles. The van der Waals surface area contributed by atoms with Crippen LogP contribution in [-0.2, 0) is 11.2 Å². The predicted octanol–water partition coefficient (Wildman–Crippen LogP) is 4.96. The fraction of sp³-hybridized carbons (Fsp3) is 0.200. The van der Waals surface area contributed by atoms with Gasteiger partial charge in [-0.25, -0.2) is 0 Å². The second kappa shape index (κ2) is 9.05. The van der Waals surface area contributed by atoms with Crippen molar-refractivity contribution in [2.45, 2.75) is 20.3 Å². The van der Waals surface area contributed by atoms with Gasteiger partial charge in [0, 0.05) is 4.47 Å². The normalized spacial score (nSPS) is 10.9. The van der Waals surface area contributed by atoms with Crippen molar-refractivity contribution in [1.82, 2.24) is 0 Å². The highest BCUT2D eigenvalue weighted by Crippen LogP contribution is 2.24. The van der Waals surface area contributed by atoms with Crippen LogP contribution in [0.5, 0.6) is 5.75 Å². The van der Waals surface area contributed by atoms with E-state index in [0.29, 0.717) is 12.3 Å². The highest BCUT2D eigenvalue weighted by atomic mass is 79.9. The van der Waals surface area contributed by atoms with E-state index in [-0.39, 0.29) is 5.57 Å². The van der Waals surface area contributed by atoms with E-state index in [1.165, 1.54) is 0 Å². The number of anilines is 1. The summed E-state index contributed by atoms with van der Waals surface area (Å²) < 4.78 is 6.17. The summed E-state index contributed by atoms with van der Waals surface area (Å²) in [6.45, 7) is 4.57. The van der Waals surface area contributed by atoms with Crippen molar-refractivity contribution in [2.24, 2.45) is 0 Å². The molecule has 0 aromatic heterocycles. The van der Waals surface area contributed by atoms with Gasteiger partial charge in [-0.3, -0.25) is 4.79 Å². The molecule has 0 radical (unpaired) electrons. The molecule has 5 heteroatoms. The molecule has 0 unspecified atom stereocenters. The van der Waals surface area contributed by atoms with Gasteiger partial charge in [-0.05, 0) is 70.7 Å². The third kappa shape index (κ3) is 5.20. The maximum atomic E-state index is 12.4. The summed E-state index contributed by atoms with van der Waals surface area (Å²) in [4.78, 5) is 12.4. The summed E-state index contributed by atoms with van der Waals surface area (Å²) in [5, 5.41) is 12.1. The molecule has 0 aliphatic rings. The zero-order valence-corrected chi connectivity index (χ0v) is 15.8. The molecule has 2 aromatic rings. The van der Waals surface area contributed by atoms with Crippen LogP contribution >= 0.6 is 15.9 Å². The predicted molar refractivity (Wildman–Crippen MR) is 103 cm³/mol. The number of amides is 1. The van der Waals surface area contributed by atoms with Gasteiger partial charge in [0.05, 0.1) is 12.3 Å². The number of nitriles is 1. The van der Waals surface area contributed by atoms with Crippen LogP contribution in [0.15, 0.2) is 52.5 Å². The van der Waals surface area contributed by atoms with Crippen LogP contribution in [-0.4, -0.2) is 12.5 Å². The van der Waals surface area contributed by atoms with Gasteiger partial charge in [0.1, 0.15) is 17.4 Å². The zero-order valence-electron chi connectivity index (χ0n) is 14.2. The second-order valence-corrected chi connectivity index (χ2v) is 6.15. The van der Waals surface area contributed by atoms with Crippen LogP contribution in [0.25, 0.3) is 6.08 Å². The Labute approximate surface area is 156 Å². The van der Waals surface area contributed by atoms with Gasteiger partial charge in [-0.15, -0.1) is 0 Å². The molecule has 0 saturated carbocycles. The lowest BCUT2D eigenvalue weighted by Gasteiger charge is -2.08. The smallest absolute Gasteiger partial charge is 0.266 e. The molecule has 2 aromatic carbocycles. The number of ether oxygens (including phenoxy) is 1. The summed E-state index contributed by atoms with van der Waals surface area (Å²) in [5.74, 6) is 0.309. The minimum Gasteiger partial charge on any atom is -0.494 e. The van der Waals surface area contributed by atoms with E-state index in [1.807, 2.05) is 55.5 Å². The monoisotopic (exact) mass is 398 g/mol. The van der Waals surface area contributed by atoms with E-state index >= 15 is 0 Å². The van der Waals surface area contributed by atoms with Crippen molar-refractivity contribution in [3.63, 3.8) is 0 Å². The number of benzene rings is 2. The molecule has 1 N–H and O–H groups in total. The second-order valence-electron chi connectivity index (χ2n) is 5.29. The Hall–Kier alpha value is -2.58. The van der Waals surface area contributed by atoms with Gasteiger partial charge >= 0.3 is 0 Å². The first kappa shape index (κ1) is 18.8. The minimum atomic E-state index is -0.443. The molecule has 0 atom stereocenters. The number of carbonyl (C=O) groups is 1. The Balaban J connectivity index is 2.16. The van der Waals surface area contributed by atoms with Gasteiger partial charge in [0.15, 0.2) is 0 Å². The summed E-state index contributed by atoms with van der Waals surface area (Å²) in [6.07, 6.45) is 2.47. The molecule has 2 rings (SSSR count). The van der Waals surface area contributed by atoms with Crippen molar-refractivity contribution in [3.8, 4) is 11.8 Å². The van der Waals surface area contributed by atoms with E-state index in [4.69, 9.17) is 4.74 Å². The highest BCUT2D eigenvalue weighted by molar-refractivity contribution is 9.10. The lowest BCUT2D eigenvalue weighted by Crippen LogP contribution is -2.13. The topological polar surface area (TPSA) is 62.1 Å². The van der Waals surface area contributed by atoms with Crippen LogP contribution in [0.1, 0.15) is 25.0 Å². The number of aryl methyl sites for hydroxylation is 1. The first-order valence-electron chi connectivity index (χ1n) is 8.01. The van der Waals surface area contributed by atoms with Gasteiger partial charge in [-0.1, -0.05) is 25.1 Å². The quantitative estimate of drug-likeness (QED) is 0.552. The summed E-state index contributed by atoms with van der Waals surface area (Å²) in [7, 11) is 0. The largest absolute Gasteiger partial charge is 0.494 e. The van der Waals surface area contributed by atoms with Crippen LogP contribution in [0.2, 0.25) is 0 Å². The number of nitrogens with one attached hydrogen (secondary N) is 1. The Morgan fingerprint density at radius 1 is 1.24 bits per heavy atom. The van der Waals surface area contributed by atoms with E-state index in [9.17, 15) is 10.1 Å². The van der Waals surface area contributed by atoms with Crippen LogP contribution < -0.4 is 10.1 Å². The summed E-state index contributed by atoms with van der Waals surface area (Å²) >= 11 is 3.45. The first-order chi connectivity index (χ1) is 12.1. The number of rotatable bonds is 6. The average Bonchev–Trinajstić information content (AvgIpc) is 2.62. The fourth-order valence-electron chi connectivity index (χ4n) is 2.21. The standard InChI is InChI=1S/C20H19BrN2O2/c1-3-14-7-10-19(18(21)12-14)23-20(24)16(13-22)11-15-5-8-17(9-6-15)25-4-2/h5-12H,3-4H2,1-2H3,(H,23,24)/b16-11+. The van der Waals surface area contributed by atoms with E-state index < -0.39 is 5.91 Å². The van der Waals surface area contributed by atoms with Gasteiger partial charge in [0.2, 0.25) is 0 Å².